The number of aromatic carboxylic acids is 1. The Labute approximate surface area is 101 Å². The molecule has 0 aromatic heterocycles. The smallest absolute Gasteiger partial charge is 0.335 e. The van der Waals surface area contributed by atoms with Crippen LogP contribution in [0.2, 0.25) is 0 Å². The molecular weight excluding hydrogens is 240 g/mol. The first-order chi connectivity index (χ1) is 7.82. The van der Waals surface area contributed by atoms with Gasteiger partial charge < -0.3 is 5.11 Å². The minimum atomic E-state index is -3.25. The number of benzene rings is 1. The van der Waals surface area contributed by atoms with E-state index in [1.54, 1.807) is 18.2 Å². The lowest BCUT2D eigenvalue weighted by atomic mass is 10.1. The highest BCUT2D eigenvalue weighted by molar-refractivity contribution is 7.90. The second kappa shape index (κ2) is 5.31. The zero-order valence-electron chi connectivity index (χ0n) is 9.88. The third-order valence-corrected chi connectivity index (χ3v) is 4.14. The van der Waals surface area contributed by atoms with E-state index in [-0.39, 0.29) is 23.0 Å². The molecule has 0 aliphatic carbocycles. The van der Waals surface area contributed by atoms with Gasteiger partial charge in [-0.2, -0.15) is 0 Å². The number of sulfone groups is 1. The summed E-state index contributed by atoms with van der Waals surface area (Å²) in [5.74, 6) is -1.20. The Morgan fingerprint density at radius 2 is 1.88 bits per heavy atom. The monoisotopic (exact) mass is 256 g/mol. The molecule has 0 radical (unpaired) electrons. The molecule has 5 heteroatoms. The summed E-state index contributed by atoms with van der Waals surface area (Å²) in [6, 6.07) is 6.19. The molecule has 1 rings (SSSR count). The maximum atomic E-state index is 11.8. The summed E-state index contributed by atoms with van der Waals surface area (Å²) in [7, 11) is -3.25. The third kappa shape index (κ3) is 4.19. The molecule has 4 nitrogen and oxygen atoms in total. The van der Waals surface area contributed by atoms with E-state index >= 15 is 0 Å². The van der Waals surface area contributed by atoms with Crippen molar-refractivity contribution < 1.29 is 18.3 Å². The average Bonchev–Trinajstić information content (AvgIpc) is 2.14. The summed E-state index contributed by atoms with van der Waals surface area (Å²) in [5, 5.41) is 8.95. The Morgan fingerprint density at radius 3 is 2.41 bits per heavy atom. The number of carboxylic acid groups (broad SMARTS) is 1. The van der Waals surface area contributed by atoms with Crippen LogP contribution in [-0.4, -0.2) is 25.2 Å². The van der Waals surface area contributed by atoms with Gasteiger partial charge in [0.25, 0.3) is 0 Å². The van der Waals surface area contributed by atoms with Crippen molar-refractivity contribution >= 4 is 15.8 Å². The van der Waals surface area contributed by atoms with Gasteiger partial charge in [-0.25, -0.2) is 13.2 Å². The first-order valence-corrected chi connectivity index (χ1v) is 7.15. The first kappa shape index (κ1) is 13.7. The van der Waals surface area contributed by atoms with Crippen LogP contribution in [-0.2, 0) is 15.6 Å². The highest BCUT2D eigenvalue weighted by atomic mass is 32.2. The molecule has 0 aliphatic rings. The highest BCUT2D eigenvalue weighted by Crippen LogP contribution is 2.14. The Morgan fingerprint density at radius 1 is 1.29 bits per heavy atom. The molecule has 0 saturated heterocycles. The number of hydrogen-bond acceptors (Lipinski definition) is 3. The van der Waals surface area contributed by atoms with E-state index in [1.807, 2.05) is 13.8 Å². The standard InChI is InChI=1S/C12H16O4S/c1-9(2)7-17(15,16)8-10-5-3-4-6-11(10)12(13)14/h3-6,9H,7-8H2,1-2H3,(H,13,14). The molecule has 1 N–H and O–H groups in total. The van der Waals surface area contributed by atoms with E-state index in [1.165, 1.54) is 6.07 Å². The second-order valence-electron chi connectivity index (χ2n) is 4.41. The van der Waals surface area contributed by atoms with Crippen molar-refractivity contribution in [3.05, 3.63) is 35.4 Å². The molecule has 0 spiro atoms. The van der Waals surface area contributed by atoms with Crippen LogP contribution in [0.15, 0.2) is 24.3 Å². The molecule has 1 aromatic rings. The van der Waals surface area contributed by atoms with Crippen LogP contribution >= 0.6 is 0 Å². The van der Waals surface area contributed by atoms with Crippen molar-refractivity contribution in [3.63, 3.8) is 0 Å². The number of carbonyl (C=O) groups is 1. The highest BCUT2D eigenvalue weighted by Gasteiger charge is 2.18. The lowest BCUT2D eigenvalue weighted by molar-refractivity contribution is 0.0696. The molecule has 0 unspecified atom stereocenters. The predicted octanol–water partition coefficient (Wildman–Crippen LogP) is 1.96. The van der Waals surface area contributed by atoms with Crippen LogP contribution in [0.4, 0.5) is 0 Å². The maximum Gasteiger partial charge on any atom is 0.335 e. The van der Waals surface area contributed by atoms with E-state index in [0.717, 1.165) is 0 Å². The normalized spacial score (nSPS) is 11.7. The van der Waals surface area contributed by atoms with E-state index in [4.69, 9.17) is 5.11 Å². The van der Waals surface area contributed by atoms with Crippen molar-refractivity contribution in [1.29, 1.82) is 0 Å². The van der Waals surface area contributed by atoms with Crippen LogP contribution < -0.4 is 0 Å². The summed E-state index contributed by atoms with van der Waals surface area (Å²) in [6.45, 7) is 3.64. The summed E-state index contributed by atoms with van der Waals surface area (Å²) >= 11 is 0. The molecule has 0 aliphatic heterocycles. The molecule has 0 fully saturated rings. The van der Waals surface area contributed by atoms with Crippen molar-refractivity contribution in [2.45, 2.75) is 19.6 Å². The van der Waals surface area contributed by atoms with Gasteiger partial charge in [-0.05, 0) is 17.5 Å². The molecule has 94 valence electrons. The molecular formula is C12H16O4S. The Bertz CT molecular complexity index is 503. The van der Waals surface area contributed by atoms with Crippen LogP contribution in [0.3, 0.4) is 0 Å². The third-order valence-electron chi connectivity index (χ3n) is 2.21. The molecule has 0 amide bonds. The molecule has 0 saturated carbocycles. The van der Waals surface area contributed by atoms with Gasteiger partial charge in [0.15, 0.2) is 9.84 Å². The summed E-state index contributed by atoms with van der Waals surface area (Å²) in [5.41, 5.74) is 0.403. The van der Waals surface area contributed by atoms with Gasteiger partial charge in [-0.3, -0.25) is 0 Å². The average molecular weight is 256 g/mol. The van der Waals surface area contributed by atoms with Crippen LogP contribution in [0.1, 0.15) is 29.8 Å². The molecule has 17 heavy (non-hydrogen) atoms. The van der Waals surface area contributed by atoms with Crippen molar-refractivity contribution in [2.75, 3.05) is 5.75 Å². The largest absolute Gasteiger partial charge is 0.478 e. The van der Waals surface area contributed by atoms with E-state index in [0.29, 0.717) is 5.56 Å². The maximum absolute atomic E-state index is 11.8. The van der Waals surface area contributed by atoms with Crippen LogP contribution in [0, 0.1) is 5.92 Å². The van der Waals surface area contributed by atoms with E-state index in [2.05, 4.69) is 0 Å². The van der Waals surface area contributed by atoms with Crippen LogP contribution in [0.25, 0.3) is 0 Å². The zero-order valence-corrected chi connectivity index (χ0v) is 10.7. The topological polar surface area (TPSA) is 71.4 Å². The number of hydrogen-bond donors (Lipinski definition) is 1. The predicted molar refractivity (Wildman–Crippen MR) is 65.7 cm³/mol. The lowest BCUT2D eigenvalue weighted by Crippen LogP contribution is -2.15. The molecule has 0 heterocycles. The number of rotatable bonds is 5. The zero-order chi connectivity index (χ0) is 13.1. The fraction of sp³-hybridized carbons (Fsp3) is 0.417. The summed E-state index contributed by atoms with van der Waals surface area (Å²) in [4.78, 5) is 10.9. The SMILES string of the molecule is CC(C)CS(=O)(=O)Cc1ccccc1C(=O)O. The van der Waals surface area contributed by atoms with Crippen LogP contribution in [0.5, 0.6) is 0 Å². The summed E-state index contributed by atoms with van der Waals surface area (Å²) < 4.78 is 23.6. The molecule has 0 bridgehead atoms. The summed E-state index contributed by atoms with van der Waals surface area (Å²) in [6.07, 6.45) is 0. The van der Waals surface area contributed by atoms with Crippen molar-refractivity contribution in [3.8, 4) is 0 Å². The first-order valence-electron chi connectivity index (χ1n) is 5.33. The van der Waals surface area contributed by atoms with Gasteiger partial charge in [-0.1, -0.05) is 32.0 Å². The fourth-order valence-electron chi connectivity index (χ4n) is 1.66. The quantitative estimate of drug-likeness (QED) is 0.874. The molecule has 0 atom stereocenters. The Kier molecular flexibility index (Phi) is 4.28. The van der Waals surface area contributed by atoms with Crippen molar-refractivity contribution in [1.82, 2.24) is 0 Å². The minimum absolute atomic E-state index is 0.0389. The molecule has 1 aromatic carbocycles. The second-order valence-corrected chi connectivity index (χ2v) is 6.52. The Hall–Kier alpha value is -1.36. The number of carboxylic acids is 1. The van der Waals surface area contributed by atoms with Gasteiger partial charge in [0, 0.05) is 0 Å². The van der Waals surface area contributed by atoms with Gasteiger partial charge >= 0.3 is 5.97 Å². The van der Waals surface area contributed by atoms with E-state index < -0.39 is 15.8 Å². The van der Waals surface area contributed by atoms with Crippen molar-refractivity contribution in [2.24, 2.45) is 5.92 Å². The fourth-order valence-corrected chi connectivity index (χ4v) is 3.52. The Balaban J connectivity index is 3.00. The van der Waals surface area contributed by atoms with Gasteiger partial charge in [0.2, 0.25) is 0 Å². The van der Waals surface area contributed by atoms with Gasteiger partial charge in [0.05, 0.1) is 17.1 Å². The van der Waals surface area contributed by atoms with Gasteiger partial charge in [-0.15, -0.1) is 0 Å². The van der Waals surface area contributed by atoms with E-state index in [9.17, 15) is 13.2 Å². The lowest BCUT2D eigenvalue weighted by Gasteiger charge is -2.09. The van der Waals surface area contributed by atoms with Gasteiger partial charge in [0.1, 0.15) is 0 Å². The minimum Gasteiger partial charge on any atom is -0.478 e.